The summed E-state index contributed by atoms with van der Waals surface area (Å²) >= 11 is 1.03. The molecule has 0 bridgehead atoms. The third-order valence-electron chi connectivity index (χ3n) is 5.31. The third kappa shape index (κ3) is 4.65. The molecule has 4 rings (SSSR count). The van der Waals surface area contributed by atoms with Crippen LogP contribution in [0.2, 0.25) is 0 Å². The van der Waals surface area contributed by atoms with Gasteiger partial charge >= 0.3 is 0 Å². The average Bonchev–Trinajstić information content (AvgIpc) is 3.29. The van der Waals surface area contributed by atoms with Crippen molar-refractivity contribution in [2.45, 2.75) is 34.7 Å². The van der Waals surface area contributed by atoms with Gasteiger partial charge in [-0.05, 0) is 30.3 Å². The lowest BCUT2D eigenvalue weighted by molar-refractivity contribution is -0.178. The lowest BCUT2D eigenvalue weighted by Crippen LogP contribution is -2.55. The van der Waals surface area contributed by atoms with Crippen LogP contribution in [0.3, 0.4) is 0 Å². The molecular weight excluding hydrogens is 477 g/mol. The van der Waals surface area contributed by atoms with Crippen LogP contribution in [-0.4, -0.2) is 66.6 Å². The van der Waals surface area contributed by atoms with Crippen molar-refractivity contribution >= 4 is 17.7 Å². The Morgan fingerprint density at radius 1 is 1.15 bits per heavy atom. The number of halogens is 3. The summed E-state index contributed by atoms with van der Waals surface area (Å²) in [4.78, 5) is 12.0. The second kappa shape index (κ2) is 9.72. The van der Waals surface area contributed by atoms with Crippen LogP contribution in [0.15, 0.2) is 47.5 Å². The number of thioether (sulfide) groups is 1. The van der Waals surface area contributed by atoms with Crippen molar-refractivity contribution in [1.82, 2.24) is 15.0 Å². The van der Waals surface area contributed by atoms with Crippen LogP contribution in [0.1, 0.15) is 16.4 Å². The Kier molecular flexibility index (Phi) is 6.91. The number of hydrogen-bond acceptors (Lipinski definition) is 8. The van der Waals surface area contributed by atoms with Gasteiger partial charge in [0.25, 0.3) is 0 Å². The molecule has 1 aliphatic rings. The van der Waals surface area contributed by atoms with E-state index in [2.05, 4.69) is 10.3 Å². The SMILES string of the molecule is NC(=O)c1cccc(SC2OC(CO)C(O)C(n3cc(-c4cc(F)c(F)c(F)c4)nn3)C2O)c1. The standard InChI is InChI=1S/C21H19F3N4O5S/c22-12-5-10(6-13(23)16(12)24)14-7-28(27-26-14)17-18(30)15(8-29)33-21(19(17)31)34-11-3-1-2-9(4-11)20(25)32/h1-7,15,17-19,21,29-31H,8H2,(H2,25,32). The Morgan fingerprint density at radius 3 is 2.50 bits per heavy atom. The number of aliphatic hydroxyl groups excluding tert-OH is 3. The van der Waals surface area contributed by atoms with Gasteiger partial charge in [0.2, 0.25) is 5.91 Å². The molecule has 5 unspecified atom stereocenters. The van der Waals surface area contributed by atoms with Crippen LogP contribution < -0.4 is 5.73 Å². The Balaban J connectivity index is 1.63. The summed E-state index contributed by atoms with van der Waals surface area (Å²) in [5.41, 5.74) is 4.38. The Hall–Kier alpha value is -2.97. The molecule has 0 saturated carbocycles. The predicted molar refractivity (Wildman–Crippen MR) is 113 cm³/mol. The minimum atomic E-state index is -1.63. The molecule has 180 valence electrons. The van der Waals surface area contributed by atoms with Gasteiger partial charge in [-0.3, -0.25) is 4.79 Å². The predicted octanol–water partition coefficient (Wildman–Crippen LogP) is 1.23. The molecule has 2 heterocycles. The van der Waals surface area contributed by atoms with E-state index >= 15 is 0 Å². The molecule has 5 N–H and O–H groups in total. The van der Waals surface area contributed by atoms with Crippen molar-refractivity contribution in [3.05, 3.63) is 65.6 Å². The average molecular weight is 496 g/mol. The summed E-state index contributed by atoms with van der Waals surface area (Å²) in [6.45, 7) is -0.585. The van der Waals surface area contributed by atoms with Gasteiger partial charge < -0.3 is 25.8 Å². The number of aromatic nitrogens is 3. The number of amides is 1. The monoisotopic (exact) mass is 496 g/mol. The van der Waals surface area contributed by atoms with Gasteiger partial charge in [-0.2, -0.15) is 0 Å². The van der Waals surface area contributed by atoms with Crippen molar-refractivity contribution in [3.8, 4) is 11.3 Å². The van der Waals surface area contributed by atoms with E-state index in [-0.39, 0.29) is 16.8 Å². The van der Waals surface area contributed by atoms with E-state index in [9.17, 15) is 33.3 Å². The lowest BCUT2D eigenvalue weighted by atomic mass is 9.97. The highest BCUT2D eigenvalue weighted by Crippen LogP contribution is 2.38. The van der Waals surface area contributed by atoms with Crippen LogP contribution in [0.5, 0.6) is 0 Å². The molecule has 2 aromatic carbocycles. The molecule has 1 saturated heterocycles. The summed E-state index contributed by atoms with van der Waals surface area (Å²) in [6.07, 6.45) is -2.71. The largest absolute Gasteiger partial charge is 0.394 e. The fraction of sp³-hybridized carbons (Fsp3) is 0.286. The minimum absolute atomic E-state index is 0.0393. The van der Waals surface area contributed by atoms with Crippen LogP contribution >= 0.6 is 11.8 Å². The molecular formula is C21H19F3N4O5S. The van der Waals surface area contributed by atoms with Crippen molar-refractivity contribution in [2.24, 2.45) is 5.73 Å². The number of rotatable bonds is 6. The van der Waals surface area contributed by atoms with Crippen LogP contribution in [-0.2, 0) is 4.74 Å². The highest BCUT2D eigenvalue weighted by molar-refractivity contribution is 7.99. The number of benzene rings is 2. The van der Waals surface area contributed by atoms with Crippen molar-refractivity contribution in [2.75, 3.05) is 6.61 Å². The van der Waals surface area contributed by atoms with Gasteiger partial charge in [0, 0.05) is 16.0 Å². The molecule has 0 spiro atoms. The zero-order valence-electron chi connectivity index (χ0n) is 17.3. The number of ether oxygens (including phenoxy) is 1. The first-order valence-corrected chi connectivity index (χ1v) is 10.8. The topological polar surface area (TPSA) is 144 Å². The second-order valence-corrected chi connectivity index (χ2v) is 8.72. The number of carbonyl (C=O) groups excluding carboxylic acids is 1. The van der Waals surface area contributed by atoms with E-state index in [4.69, 9.17) is 10.5 Å². The van der Waals surface area contributed by atoms with Gasteiger partial charge in [0.05, 0.1) is 12.8 Å². The first-order valence-electron chi connectivity index (χ1n) is 9.95. The zero-order valence-corrected chi connectivity index (χ0v) is 18.1. The van der Waals surface area contributed by atoms with Gasteiger partial charge in [0.15, 0.2) is 17.5 Å². The van der Waals surface area contributed by atoms with Crippen LogP contribution in [0.4, 0.5) is 13.2 Å². The second-order valence-electron chi connectivity index (χ2n) is 7.54. The lowest BCUT2D eigenvalue weighted by Gasteiger charge is -2.41. The van der Waals surface area contributed by atoms with Gasteiger partial charge in [-0.25, -0.2) is 17.9 Å². The molecule has 1 amide bonds. The number of hydrogen-bond donors (Lipinski definition) is 4. The van der Waals surface area contributed by atoms with Gasteiger partial charge in [-0.1, -0.05) is 23.0 Å². The van der Waals surface area contributed by atoms with Crippen molar-refractivity contribution in [3.63, 3.8) is 0 Å². The van der Waals surface area contributed by atoms with Crippen LogP contribution in [0, 0.1) is 17.5 Å². The molecule has 0 radical (unpaired) electrons. The van der Waals surface area contributed by atoms with Crippen molar-refractivity contribution < 1.29 is 38.0 Å². The van der Waals surface area contributed by atoms with Crippen molar-refractivity contribution in [1.29, 1.82) is 0 Å². The highest BCUT2D eigenvalue weighted by Gasteiger charge is 2.46. The Morgan fingerprint density at radius 2 is 1.85 bits per heavy atom. The van der Waals surface area contributed by atoms with Gasteiger partial charge in [0.1, 0.15) is 35.5 Å². The molecule has 0 aliphatic carbocycles. The minimum Gasteiger partial charge on any atom is -0.394 e. The van der Waals surface area contributed by atoms with E-state index in [1.165, 1.54) is 18.3 Å². The summed E-state index contributed by atoms with van der Waals surface area (Å²) in [7, 11) is 0. The zero-order chi connectivity index (χ0) is 24.6. The first-order chi connectivity index (χ1) is 16.2. The molecule has 34 heavy (non-hydrogen) atoms. The quantitative estimate of drug-likeness (QED) is 0.373. The van der Waals surface area contributed by atoms with Crippen LogP contribution in [0.25, 0.3) is 11.3 Å². The first kappa shape index (κ1) is 24.2. The molecule has 1 aliphatic heterocycles. The third-order valence-corrected chi connectivity index (χ3v) is 6.46. The van der Waals surface area contributed by atoms with E-state index in [0.717, 1.165) is 28.6 Å². The molecule has 3 aromatic rings. The fourth-order valence-electron chi connectivity index (χ4n) is 3.59. The maximum atomic E-state index is 13.6. The van der Waals surface area contributed by atoms with E-state index in [1.54, 1.807) is 12.1 Å². The van der Waals surface area contributed by atoms with E-state index in [1.807, 2.05) is 0 Å². The smallest absolute Gasteiger partial charge is 0.248 e. The van der Waals surface area contributed by atoms with E-state index < -0.39 is 59.8 Å². The summed E-state index contributed by atoms with van der Waals surface area (Å²) in [5, 5.41) is 39.0. The van der Waals surface area contributed by atoms with E-state index in [0.29, 0.717) is 4.90 Å². The Bertz CT molecular complexity index is 1190. The number of nitrogens with zero attached hydrogens (tertiary/aromatic N) is 3. The maximum absolute atomic E-state index is 13.6. The molecule has 5 atom stereocenters. The van der Waals surface area contributed by atoms with Gasteiger partial charge in [-0.15, -0.1) is 5.10 Å². The number of nitrogens with two attached hydrogens (primary N) is 1. The molecule has 1 fully saturated rings. The normalized spacial score (nSPS) is 24.8. The molecule has 9 nitrogen and oxygen atoms in total. The Labute approximate surface area is 195 Å². The number of aliphatic hydroxyl groups is 3. The molecule has 13 heteroatoms. The fourth-order valence-corrected chi connectivity index (χ4v) is 4.71. The summed E-state index contributed by atoms with van der Waals surface area (Å²) in [6, 6.07) is 6.59. The summed E-state index contributed by atoms with van der Waals surface area (Å²) < 4.78 is 47.2. The molecule has 1 aromatic heterocycles. The summed E-state index contributed by atoms with van der Waals surface area (Å²) in [5.74, 6) is -5.09. The maximum Gasteiger partial charge on any atom is 0.248 e. The number of carbonyl (C=O) groups is 1. The number of primary amides is 1. The highest BCUT2D eigenvalue weighted by atomic mass is 32.2.